The van der Waals surface area contributed by atoms with Gasteiger partial charge in [-0.2, -0.15) is 0 Å². The van der Waals surface area contributed by atoms with Gasteiger partial charge >= 0.3 is 6.03 Å². The van der Waals surface area contributed by atoms with Gasteiger partial charge < -0.3 is 19.8 Å². The Morgan fingerprint density at radius 1 is 0.935 bits per heavy atom. The van der Waals surface area contributed by atoms with Crippen molar-refractivity contribution in [2.45, 2.75) is 13.0 Å². The normalized spacial score (nSPS) is 11.5. The molecule has 4 rings (SSSR count). The molecular weight excluding hydrogens is 392 g/mol. The zero-order chi connectivity index (χ0) is 21.5. The molecule has 0 fully saturated rings. The van der Waals surface area contributed by atoms with E-state index < -0.39 is 12.1 Å². The molecule has 7 nitrogen and oxygen atoms in total. The number of aromatic nitrogens is 2. The van der Waals surface area contributed by atoms with Crippen molar-refractivity contribution >= 4 is 11.7 Å². The number of carbonyl (C=O) groups is 1. The Labute approximate surface area is 180 Å². The lowest BCUT2D eigenvalue weighted by Crippen LogP contribution is -2.33. The summed E-state index contributed by atoms with van der Waals surface area (Å²) in [5, 5.41) is 14.1. The van der Waals surface area contributed by atoms with Gasteiger partial charge in [-0.3, -0.25) is 0 Å². The van der Waals surface area contributed by atoms with Crippen LogP contribution in [0.3, 0.4) is 0 Å². The van der Waals surface area contributed by atoms with Crippen molar-refractivity contribution in [2.24, 2.45) is 0 Å². The molecule has 0 unspecified atom stereocenters. The first kappa shape index (κ1) is 20.2. The van der Waals surface area contributed by atoms with Crippen LogP contribution in [0.15, 0.2) is 89.3 Å². The summed E-state index contributed by atoms with van der Waals surface area (Å²) in [7, 11) is 0. The van der Waals surface area contributed by atoms with Gasteiger partial charge in [0.1, 0.15) is 11.8 Å². The molecule has 156 valence electrons. The standard InChI is InChI=1S/C24H22N4O3/c1-2-30-20-16-10-9-15-19(20)25-24(29)26-21(17-11-5-3-6-12-17)23-28-27-22(31-23)18-13-7-4-8-14-18/h3-16,21H,2H2,1H3,(H2,25,26,29)/t21-/m0/s1. The number of rotatable bonds is 7. The molecule has 0 aliphatic heterocycles. The predicted octanol–water partition coefficient (Wildman–Crippen LogP) is 5.05. The van der Waals surface area contributed by atoms with Crippen LogP contribution in [0.2, 0.25) is 0 Å². The summed E-state index contributed by atoms with van der Waals surface area (Å²) in [5.41, 5.74) is 2.20. The lowest BCUT2D eigenvalue weighted by Gasteiger charge is -2.17. The largest absolute Gasteiger partial charge is 0.492 e. The van der Waals surface area contributed by atoms with Crippen molar-refractivity contribution in [2.75, 3.05) is 11.9 Å². The molecule has 4 aromatic rings. The number of amides is 2. The first-order chi connectivity index (χ1) is 15.2. The van der Waals surface area contributed by atoms with Gasteiger partial charge in [0.15, 0.2) is 0 Å². The van der Waals surface area contributed by atoms with E-state index in [1.165, 1.54) is 0 Å². The van der Waals surface area contributed by atoms with Crippen LogP contribution in [0.1, 0.15) is 24.4 Å². The van der Waals surface area contributed by atoms with Gasteiger partial charge in [-0.25, -0.2) is 4.79 Å². The minimum Gasteiger partial charge on any atom is -0.492 e. The summed E-state index contributed by atoms with van der Waals surface area (Å²) in [6, 6.07) is 25.2. The SMILES string of the molecule is CCOc1ccccc1NC(=O)N[C@@H](c1ccccc1)c1nnc(-c2ccccc2)o1. The van der Waals surface area contributed by atoms with Gasteiger partial charge in [-0.1, -0.05) is 60.7 Å². The third-order valence-electron chi connectivity index (χ3n) is 4.55. The van der Waals surface area contributed by atoms with E-state index >= 15 is 0 Å². The molecule has 2 amide bonds. The second-order valence-corrected chi connectivity index (χ2v) is 6.68. The third-order valence-corrected chi connectivity index (χ3v) is 4.55. The molecule has 1 heterocycles. The first-order valence-electron chi connectivity index (χ1n) is 9.97. The Balaban J connectivity index is 1.58. The third kappa shape index (κ3) is 4.90. The van der Waals surface area contributed by atoms with E-state index in [1.807, 2.05) is 79.7 Å². The topological polar surface area (TPSA) is 89.3 Å². The number of para-hydroxylation sites is 2. The summed E-state index contributed by atoms with van der Waals surface area (Å²) >= 11 is 0. The number of nitrogens with one attached hydrogen (secondary N) is 2. The van der Waals surface area contributed by atoms with Crippen LogP contribution in [0.25, 0.3) is 11.5 Å². The molecule has 1 atom stereocenters. The average molecular weight is 414 g/mol. The maximum atomic E-state index is 12.8. The lowest BCUT2D eigenvalue weighted by molar-refractivity contribution is 0.248. The molecule has 2 N–H and O–H groups in total. The summed E-state index contributed by atoms with van der Waals surface area (Å²) < 4.78 is 11.5. The molecule has 3 aromatic carbocycles. The molecule has 0 saturated heterocycles. The van der Waals surface area contributed by atoms with E-state index in [1.54, 1.807) is 12.1 Å². The van der Waals surface area contributed by atoms with E-state index in [0.717, 1.165) is 11.1 Å². The molecule has 0 radical (unpaired) electrons. The van der Waals surface area contributed by atoms with E-state index in [9.17, 15) is 4.79 Å². The van der Waals surface area contributed by atoms with Crippen molar-refractivity contribution in [3.8, 4) is 17.2 Å². The number of hydrogen-bond acceptors (Lipinski definition) is 5. The van der Waals surface area contributed by atoms with Crippen molar-refractivity contribution < 1.29 is 13.9 Å². The molecule has 1 aromatic heterocycles. The Morgan fingerprint density at radius 3 is 2.35 bits per heavy atom. The van der Waals surface area contributed by atoms with Crippen LogP contribution in [-0.4, -0.2) is 22.8 Å². The first-order valence-corrected chi connectivity index (χ1v) is 9.97. The quantitative estimate of drug-likeness (QED) is 0.442. The van der Waals surface area contributed by atoms with Gasteiger partial charge in [0, 0.05) is 5.56 Å². The van der Waals surface area contributed by atoms with Crippen LogP contribution >= 0.6 is 0 Å². The number of benzene rings is 3. The number of carbonyl (C=O) groups excluding carboxylic acids is 1. The zero-order valence-electron chi connectivity index (χ0n) is 17.0. The Morgan fingerprint density at radius 2 is 1.61 bits per heavy atom. The fraction of sp³-hybridized carbons (Fsp3) is 0.125. The second-order valence-electron chi connectivity index (χ2n) is 6.68. The Kier molecular flexibility index (Phi) is 6.23. The number of nitrogens with zero attached hydrogens (tertiary/aromatic N) is 2. The molecule has 0 bridgehead atoms. The van der Waals surface area contributed by atoms with Gasteiger partial charge in [0.25, 0.3) is 0 Å². The predicted molar refractivity (Wildman–Crippen MR) is 118 cm³/mol. The van der Waals surface area contributed by atoms with Gasteiger partial charge in [-0.15, -0.1) is 10.2 Å². The van der Waals surface area contributed by atoms with E-state index in [2.05, 4.69) is 20.8 Å². The smallest absolute Gasteiger partial charge is 0.320 e. The summed E-state index contributed by atoms with van der Waals surface area (Å²) in [6.45, 7) is 2.39. The van der Waals surface area contributed by atoms with Crippen LogP contribution in [-0.2, 0) is 0 Å². The number of hydrogen-bond donors (Lipinski definition) is 2. The zero-order valence-corrected chi connectivity index (χ0v) is 17.0. The second kappa shape index (κ2) is 9.58. The maximum Gasteiger partial charge on any atom is 0.320 e. The maximum absolute atomic E-state index is 12.8. The summed E-state index contributed by atoms with van der Waals surface area (Å²) in [6.07, 6.45) is 0. The van der Waals surface area contributed by atoms with Crippen LogP contribution in [0.4, 0.5) is 10.5 Å². The Bertz CT molecular complexity index is 1130. The molecule has 0 aliphatic carbocycles. The molecular formula is C24H22N4O3. The van der Waals surface area contributed by atoms with Crippen LogP contribution in [0, 0.1) is 0 Å². The van der Waals surface area contributed by atoms with Crippen LogP contribution < -0.4 is 15.4 Å². The number of ether oxygens (including phenoxy) is 1. The van der Waals surface area contributed by atoms with Gasteiger partial charge in [0.2, 0.25) is 11.8 Å². The molecule has 0 aliphatic rings. The molecule has 0 spiro atoms. The molecule has 31 heavy (non-hydrogen) atoms. The highest BCUT2D eigenvalue weighted by atomic mass is 16.5. The van der Waals surface area contributed by atoms with Crippen molar-refractivity contribution in [3.05, 3.63) is 96.4 Å². The van der Waals surface area contributed by atoms with Crippen molar-refractivity contribution in [3.63, 3.8) is 0 Å². The fourth-order valence-electron chi connectivity index (χ4n) is 3.12. The van der Waals surface area contributed by atoms with Crippen molar-refractivity contribution in [1.82, 2.24) is 15.5 Å². The highest BCUT2D eigenvalue weighted by Crippen LogP contribution is 2.26. The molecule has 0 saturated carbocycles. The molecule has 7 heteroatoms. The lowest BCUT2D eigenvalue weighted by atomic mass is 10.1. The van der Waals surface area contributed by atoms with Gasteiger partial charge in [0.05, 0.1) is 12.3 Å². The highest BCUT2D eigenvalue weighted by Gasteiger charge is 2.24. The fourth-order valence-corrected chi connectivity index (χ4v) is 3.12. The van der Waals surface area contributed by atoms with Crippen LogP contribution in [0.5, 0.6) is 5.75 Å². The average Bonchev–Trinajstić information content (AvgIpc) is 3.30. The number of urea groups is 1. The summed E-state index contributed by atoms with van der Waals surface area (Å²) in [4.78, 5) is 12.8. The van der Waals surface area contributed by atoms with E-state index in [-0.39, 0.29) is 0 Å². The minimum atomic E-state index is -0.620. The minimum absolute atomic E-state index is 0.290. The van der Waals surface area contributed by atoms with E-state index in [4.69, 9.17) is 9.15 Å². The highest BCUT2D eigenvalue weighted by molar-refractivity contribution is 5.91. The monoisotopic (exact) mass is 414 g/mol. The Hall–Kier alpha value is -4.13. The summed E-state index contributed by atoms with van der Waals surface area (Å²) in [5.74, 6) is 1.28. The van der Waals surface area contributed by atoms with Crippen molar-refractivity contribution in [1.29, 1.82) is 0 Å². The van der Waals surface area contributed by atoms with Gasteiger partial charge in [-0.05, 0) is 36.8 Å². The number of anilines is 1. The van der Waals surface area contributed by atoms with E-state index in [0.29, 0.717) is 29.8 Å².